The van der Waals surface area contributed by atoms with Crippen molar-refractivity contribution in [2.45, 2.75) is 43.3 Å². The van der Waals surface area contributed by atoms with Crippen LogP contribution >= 0.6 is 0 Å². The van der Waals surface area contributed by atoms with Crippen LogP contribution in [0.1, 0.15) is 35.5 Å². The summed E-state index contributed by atoms with van der Waals surface area (Å²) in [6.07, 6.45) is 3.27. The Balaban J connectivity index is 1.59. The molecule has 3 aromatic rings. The topological polar surface area (TPSA) is 122 Å². The van der Waals surface area contributed by atoms with Crippen LogP contribution in [0.15, 0.2) is 35.4 Å². The summed E-state index contributed by atoms with van der Waals surface area (Å²) < 4.78 is 31.8. The van der Waals surface area contributed by atoms with E-state index in [-0.39, 0.29) is 10.1 Å². The van der Waals surface area contributed by atoms with Crippen LogP contribution in [0.3, 0.4) is 0 Å². The van der Waals surface area contributed by atoms with E-state index >= 15 is 0 Å². The molecule has 0 bridgehead atoms. The predicted octanol–water partition coefficient (Wildman–Crippen LogP) is 2.69. The summed E-state index contributed by atoms with van der Waals surface area (Å²) in [4.78, 5) is 9.23. The lowest BCUT2D eigenvalue weighted by molar-refractivity contribution is 0.412. The molecule has 1 fully saturated rings. The van der Waals surface area contributed by atoms with Gasteiger partial charge in [0.15, 0.2) is 15.7 Å². The molecule has 0 amide bonds. The number of rotatable bonds is 7. The standard InChI is InChI=1S/C22H28N6O3S/c1-14-15(2)27-28-22(14)26-20-6-9-24-21(25-20)12-16-10-17(31-3)13-19(11-16)32(29,30)18-4-7-23-8-5-18/h6,9-11,13,18,23H,4-5,7-8,12H2,1-3H3,(H2,24,25,26,27,28). The molecule has 4 rings (SSSR count). The van der Waals surface area contributed by atoms with Gasteiger partial charge in [-0.3, -0.25) is 5.10 Å². The minimum Gasteiger partial charge on any atom is -0.497 e. The van der Waals surface area contributed by atoms with Gasteiger partial charge >= 0.3 is 0 Å². The van der Waals surface area contributed by atoms with Gasteiger partial charge in [-0.2, -0.15) is 5.10 Å². The molecule has 3 N–H and O–H groups in total. The van der Waals surface area contributed by atoms with Gasteiger partial charge in [0.1, 0.15) is 17.4 Å². The van der Waals surface area contributed by atoms with Crippen LogP contribution in [-0.4, -0.2) is 54.0 Å². The van der Waals surface area contributed by atoms with Gasteiger partial charge in [0.05, 0.1) is 17.3 Å². The summed E-state index contributed by atoms with van der Waals surface area (Å²) in [5, 5.41) is 13.2. The molecular formula is C22H28N6O3S. The molecule has 1 aliphatic heterocycles. The normalized spacial score (nSPS) is 15.0. The molecule has 1 aromatic carbocycles. The van der Waals surface area contributed by atoms with Gasteiger partial charge in [0.25, 0.3) is 0 Å². The summed E-state index contributed by atoms with van der Waals surface area (Å²) in [7, 11) is -1.91. The molecule has 10 heteroatoms. The Morgan fingerprint density at radius 1 is 1.19 bits per heavy atom. The fourth-order valence-electron chi connectivity index (χ4n) is 3.78. The zero-order valence-corrected chi connectivity index (χ0v) is 19.3. The highest BCUT2D eigenvalue weighted by molar-refractivity contribution is 7.92. The lowest BCUT2D eigenvalue weighted by Crippen LogP contribution is -2.35. The second-order valence-electron chi connectivity index (χ2n) is 7.99. The first-order valence-corrected chi connectivity index (χ1v) is 12.1. The van der Waals surface area contributed by atoms with Crippen LogP contribution in [0, 0.1) is 13.8 Å². The van der Waals surface area contributed by atoms with Crippen molar-refractivity contribution in [3.63, 3.8) is 0 Å². The molecule has 32 heavy (non-hydrogen) atoms. The highest BCUT2D eigenvalue weighted by Crippen LogP contribution is 2.28. The number of sulfone groups is 1. The number of hydrogen-bond acceptors (Lipinski definition) is 8. The monoisotopic (exact) mass is 456 g/mol. The maximum atomic E-state index is 13.2. The Bertz CT molecular complexity index is 1200. The highest BCUT2D eigenvalue weighted by Gasteiger charge is 2.29. The Hall–Kier alpha value is -2.98. The minimum absolute atomic E-state index is 0.288. The maximum absolute atomic E-state index is 13.2. The lowest BCUT2D eigenvalue weighted by Gasteiger charge is -2.23. The second kappa shape index (κ2) is 9.25. The van der Waals surface area contributed by atoms with E-state index in [9.17, 15) is 8.42 Å². The van der Waals surface area contributed by atoms with Gasteiger partial charge in [-0.1, -0.05) is 0 Å². The van der Waals surface area contributed by atoms with Crippen LogP contribution in [0.5, 0.6) is 5.75 Å². The van der Waals surface area contributed by atoms with E-state index in [1.807, 2.05) is 19.9 Å². The first-order valence-electron chi connectivity index (χ1n) is 10.6. The highest BCUT2D eigenvalue weighted by atomic mass is 32.2. The van der Waals surface area contributed by atoms with Crippen molar-refractivity contribution in [1.82, 2.24) is 25.5 Å². The van der Waals surface area contributed by atoms with Crippen molar-refractivity contribution < 1.29 is 13.2 Å². The Kier molecular flexibility index (Phi) is 6.43. The molecule has 0 spiro atoms. The molecule has 2 aromatic heterocycles. The van der Waals surface area contributed by atoms with E-state index in [1.165, 1.54) is 7.11 Å². The fourth-order valence-corrected chi connectivity index (χ4v) is 5.61. The smallest absolute Gasteiger partial charge is 0.181 e. The van der Waals surface area contributed by atoms with Gasteiger partial charge < -0.3 is 15.4 Å². The number of aromatic nitrogens is 4. The average Bonchev–Trinajstić information content (AvgIpc) is 3.11. The molecule has 0 radical (unpaired) electrons. The Morgan fingerprint density at radius 2 is 1.97 bits per heavy atom. The minimum atomic E-state index is -3.45. The van der Waals surface area contributed by atoms with Gasteiger partial charge in [0.2, 0.25) is 0 Å². The molecule has 1 aliphatic rings. The number of nitrogens with one attached hydrogen (secondary N) is 3. The molecule has 0 atom stereocenters. The zero-order chi connectivity index (χ0) is 22.7. The zero-order valence-electron chi connectivity index (χ0n) is 18.5. The number of aryl methyl sites for hydroxylation is 1. The molecule has 0 unspecified atom stereocenters. The Morgan fingerprint density at radius 3 is 2.66 bits per heavy atom. The largest absolute Gasteiger partial charge is 0.497 e. The number of nitrogens with zero attached hydrogens (tertiary/aromatic N) is 3. The van der Waals surface area contributed by atoms with Crippen molar-refractivity contribution in [2.75, 3.05) is 25.5 Å². The van der Waals surface area contributed by atoms with Gasteiger partial charge in [-0.15, -0.1) is 0 Å². The van der Waals surface area contributed by atoms with Crippen LogP contribution < -0.4 is 15.4 Å². The van der Waals surface area contributed by atoms with Crippen molar-refractivity contribution in [2.24, 2.45) is 0 Å². The lowest BCUT2D eigenvalue weighted by atomic mass is 10.1. The number of methoxy groups -OCH3 is 1. The Labute approximate surface area is 187 Å². The van der Waals surface area contributed by atoms with Crippen LogP contribution in [-0.2, 0) is 16.3 Å². The van der Waals surface area contributed by atoms with E-state index in [1.54, 1.807) is 24.4 Å². The number of piperidine rings is 1. The first-order chi connectivity index (χ1) is 15.4. The van der Waals surface area contributed by atoms with E-state index in [0.29, 0.717) is 55.6 Å². The number of benzene rings is 1. The second-order valence-corrected chi connectivity index (χ2v) is 10.2. The fraction of sp³-hybridized carbons (Fsp3) is 0.409. The molecule has 1 saturated heterocycles. The number of hydrogen-bond donors (Lipinski definition) is 3. The van der Waals surface area contributed by atoms with Crippen molar-refractivity contribution in [3.05, 3.63) is 53.1 Å². The van der Waals surface area contributed by atoms with E-state index in [4.69, 9.17) is 4.74 Å². The molecule has 0 saturated carbocycles. The number of ether oxygens (including phenoxy) is 1. The molecule has 9 nitrogen and oxygen atoms in total. The molecule has 3 heterocycles. The van der Waals surface area contributed by atoms with E-state index in [2.05, 4.69) is 30.8 Å². The quantitative estimate of drug-likeness (QED) is 0.496. The molecular weight excluding hydrogens is 428 g/mol. The SMILES string of the molecule is COc1cc(Cc2nccc(Nc3n[nH]c(C)c3C)n2)cc(S(=O)(=O)C2CCNCC2)c1. The number of aromatic amines is 1. The summed E-state index contributed by atoms with van der Waals surface area (Å²) in [5.41, 5.74) is 2.78. The number of anilines is 2. The van der Waals surface area contributed by atoms with Crippen molar-refractivity contribution >= 4 is 21.5 Å². The summed E-state index contributed by atoms with van der Waals surface area (Å²) in [6, 6.07) is 6.91. The van der Waals surface area contributed by atoms with Crippen LogP contribution in [0.4, 0.5) is 11.6 Å². The first kappa shape index (κ1) is 22.2. The molecule has 170 valence electrons. The maximum Gasteiger partial charge on any atom is 0.181 e. The third kappa shape index (κ3) is 4.76. The third-order valence-electron chi connectivity index (χ3n) is 5.80. The summed E-state index contributed by atoms with van der Waals surface area (Å²) in [6.45, 7) is 5.35. The van der Waals surface area contributed by atoms with Gasteiger partial charge in [-0.25, -0.2) is 18.4 Å². The van der Waals surface area contributed by atoms with Crippen molar-refractivity contribution in [1.29, 1.82) is 0 Å². The van der Waals surface area contributed by atoms with Crippen LogP contribution in [0.2, 0.25) is 0 Å². The van der Waals surface area contributed by atoms with E-state index < -0.39 is 9.84 Å². The van der Waals surface area contributed by atoms with Gasteiger partial charge in [-0.05, 0) is 69.6 Å². The van der Waals surface area contributed by atoms with Gasteiger partial charge in [0, 0.05) is 23.9 Å². The number of H-pyrrole nitrogens is 1. The van der Waals surface area contributed by atoms with E-state index in [0.717, 1.165) is 16.8 Å². The predicted molar refractivity (Wildman–Crippen MR) is 122 cm³/mol. The molecule has 0 aliphatic carbocycles. The van der Waals surface area contributed by atoms with Crippen molar-refractivity contribution in [3.8, 4) is 5.75 Å². The summed E-state index contributed by atoms with van der Waals surface area (Å²) in [5.74, 6) is 2.41. The summed E-state index contributed by atoms with van der Waals surface area (Å²) >= 11 is 0. The third-order valence-corrected chi connectivity index (χ3v) is 8.04. The average molecular weight is 457 g/mol. The van der Waals surface area contributed by atoms with Crippen LogP contribution in [0.25, 0.3) is 0 Å².